The van der Waals surface area contributed by atoms with Gasteiger partial charge in [-0.05, 0) is 50.8 Å². The summed E-state index contributed by atoms with van der Waals surface area (Å²) in [7, 11) is 1.73. The normalized spacial score (nSPS) is 13.8. The summed E-state index contributed by atoms with van der Waals surface area (Å²) in [4.78, 5) is 0. The number of nitrogens with one attached hydrogen (secondary N) is 1. The van der Waals surface area contributed by atoms with Crippen molar-refractivity contribution in [3.05, 3.63) is 34.9 Å². The lowest BCUT2D eigenvalue weighted by Crippen LogP contribution is -2.35. The van der Waals surface area contributed by atoms with E-state index in [9.17, 15) is 0 Å². The van der Waals surface area contributed by atoms with Crippen molar-refractivity contribution in [2.45, 2.75) is 45.8 Å². The maximum Gasteiger partial charge on any atom is 0.0641 e. The number of aryl methyl sites for hydroxylation is 2. The van der Waals surface area contributed by atoms with E-state index in [2.05, 4.69) is 51.3 Å². The summed E-state index contributed by atoms with van der Waals surface area (Å²) in [6, 6.07) is 6.56. The molecule has 0 saturated heterocycles. The van der Waals surface area contributed by atoms with Gasteiger partial charge in [-0.3, -0.25) is 11.3 Å². The predicted molar refractivity (Wildman–Crippen MR) is 71.7 cm³/mol. The fourth-order valence-electron chi connectivity index (χ4n) is 1.83. The van der Waals surface area contributed by atoms with Gasteiger partial charge in [0.25, 0.3) is 0 Å². The molecule has 1 unspecified atom stereocenters. The van der Waals surface area contributed by atoms with Gasteiger partial charge in [-0.15, -0.1) is 0 Å². The zero-order valence-corrected chi connectivity index (χ0v) is 11.5. The van der Waals surface area contributed by atoms with E-state index in [4.69, 9.17) is 10.6 Å². The van der Waals surface area contributed by atoms with Gasteiger partial charge in [0.15, 0.2) is 0 Å². The van der Waals surface area contributed by atoms with Crippen molar-refractivity contribution < 1.29 is 4.74 Å². The molecule has 0 radical (unpaired) electrons. The summed E-state index contributed by atoms with van der Waals surface area (Å²) in [6.45, 7) is 8.37. The van der Waals surface area contributed by atoms with Crippen LogP contribution in [0.5, 0.6) is 0 Å². The van der Waals surface area contributed by atoms with Gasteiger partial charge in [0, 0.05) is 13.2 Å². The second-order valence-electron chi connectivity index (χ2n) is 5.23. The lowest BCUT2D eigenvalue weighted by Gasteiger charge is -2.28. The second kappa shape index (κ2) is 5.63. The number of hydrazine groups is 1. The lowest BCUT2D eigenvalue weighted by atomic mass is 9.92. The van der Waals surface area contributed by atoms with Gasteiger partial charge in [-0.25, -0.2) is 0 Å². The third-order valence-electron chi connectivity index (χ3n) is 3.38. The number of hydrogen-bond acceptors (Lipinski definition) is 3. The summed E-state index contributed by atoms with van der Waals surface area (Å²) in [5.41, 5.74) is 6.49. The SMILES string of the molecule is COC(C)(C)CC(NN)c1ccc(C)c(C)c1. The van der Waals surface area contributed by atoms with Crippen LogP contribution in [0, 0.1) is 13.8 Å². The van der Waals surface area contributed by atoms with E-state index in [0.29, 0.717) is 0 Å². The van der Waals surface area contributed by atoms with Crippen LogP contribution in [0.3, 0.4) is 0 Å². The quantitative estimate of drug-likeness (QED) is 0.610. The molecule has 1 atom stereocenters. The molecule has 3 N–H and O–H groups in total. The van der Waals surface area contributed by atoms with Gasteiger partial charge in [-0.1, -0.05) is 18.2 Å². The molecular weight excluding hydrogens is 212 g/mol. The molecule has 1 aromatic carbocycles. The number of rotatable bonds is 5. The second-order valence-corrected chi connectivity index (χ2v) is 5.23. The molecule has 0 heterocycles. The van der Waals surface area contributed by atoms with Crippen LogP contribution in [0.4, 0.5) is 0 Å². The monoisotopic (exact) mass is 236 g/mol. The van der Waals surface area contributed by atoms with Crippen molar-refractivity contribution in [3.8, 4) is 0 Å². The average Bonchev–Trinajstić information content (AvgIpc) is 2.30. The Bertz CT molecular complexity index is 374. The molecule has 0 aliphatic heterocycles. The van der Waals surface area contributed by atoms with Crippen LogP contribution in [-0.4, -0.2) is 12.7 Å². The Balaban J connectivity index is 2.90. The van der Waals surface area contributed by atoms with E-state index in [1.165, 1.54) is 16.7 Å². The highest BCUT2D eigenvalue weighted by Crippen LogP contribution is 2.26. The van der Waals surface area contributed by atoms with Crippen LogP contribution < -0.4 is 11.3 Å². The standard InChI is InChI=1S/C14H24N2O/c1-10-6-7-12(8-11(10)2)13(16-15)9-14(3,4)17-5/h6-8,13,16H,9,15H2,1-5H3. The molecule has 96 valence electrons. The van der Waals surface area contributed by atoms with Crippen molar-refractivity contribution in [3.63, 3.8) is 0 Å². The van der Waals surface area contributed by atoms with Crippen molar-refractivity contribution >= 4 is 0 Å². The first-order valence-corrected chi connectivity index (χ1v) is 5.98. The third kappa shape index (κ3) is 3.80. The Hall–Kier alpha value is -0.900. The summed E-state index contributed by atoms with van der Waals surface area (Å²) >= 11 is 0. The van der Waals surface area contributed by atoms with Gasteiger partial charge in [-0.2, -0.15) is 0 Å². The van der Waals surface area contributed by atoms with Crippen molar-refractivity contribution in [1.82, 2.24) is 5.43 Å². The van der Waals surface area contributed by atoms with Gasteiger partial charge in [0.2, 0.25) is 0 Å². The van der Waals surface area contributed by atoms with Crippen LogP contribution in [0.2, 0.25) is 0 Å². The number of hydrogen-bond donors (Lipinski definition) is 2. The summed E-state index contributed by atoms with van der Waals surface area (Å²) in [5, 5.41) is 0. The maximum atomic E-state index is 5.65. The van der Waals surface area contributed by atoms with E-state index in [0.717, 1.165) is 6.42 Å². The van der Waals surface area contributed by atoms with Gasteiger partial charge in [0.05, 0.1) is 5.60 Å². The molecule has 0 aromatic heterocycles. The van der Waals surface area contributed by atoms with Crippen LogP contribution in [-0.2, 0) is 4.74 Å². The highest BCUT2D eigenvalue weighted by molar-refractivity contribution is 5.31. The largest absolute Gasteiger partial charge is 0.379 e. The van der Waals surface area contributed by atoms with Crippen LogP contribution in [0.1, 0.15) is 43.0 Å². The first kappa shape index (κ1) is 14.2. The minimum atomic E-state index is -0.185. The molecule has 3 heteroatoms. The summed E-state index contributed by atoms with van der Waals surface area (Å²) in [6.07, 6.45) is 0.836. The Kier molecular flexibility index (Phi) is 4.69. The number of ether oxygens (including phenoxy) is 1. The molecule has 0 spiro atoms. The van der Waals surface area contributed by atoms with Gasteiger partial charge in [0.1, 0.15) is 0 Å². The molecule has 17 heavy (non-hydrogen) atoms. The van der Waals surface area contributed by atoms with Crippen molar-refractivity contribution in [2.75, 3.05) is 7.11 Å². The minimum Gasteiger partial charge on any atom is -0.379 e. The topological polar surface area (TPSA) is 47.3 Å². The Morgan fingerprint density at radius 3 is 2.41 bits per heavy atom. The lowest BCUT2D eigenvalue weighted by molar-refractivity contribution is 0.00681. The van der Waals surface area contributed by atoms with Gasteiger partial charge >= 0.3 is 0 Å². The summed E-state index contributed by atoms with van der Waals surface area (Å²) < 4.78 is 5.45. The smallest absolute Gasteiger partial charge is 0.0641 e. The van der Waals surface area contributed by atoms with Crippen LogP contribution in [0.15, 0.2) is 18.2 Å². The molecule has 3 nitrogen and oxygen atoms in total. The number of benzene rings is 1. The highest BCUT2D eigenvalue weighted by atomic mass is 16.5. The molecule has 0 aliphatic carbocycles. The van der Waals surface area contributed by atoms with E-state index in [-0.39, 0.29) is 11.6 Å². The molecule has 0 amide bonds. The zero-order chi connectivity index (χ0) is 13.1. The molecule has 0 aliphatic rings. The number of nitrogens with two attached hydrogens (primary N) is 1. The van der Waals surface area contributed by atoms with Crippen LogP contribution >= 0.6 is 0 Å². The number of methoxy groups -OCH3 is 1. The first-order chi connectivity index (χ1) is 7.89. The van der Waals surface area contributed by atoms with Gasteiger partial charge < -0.3 is 4.74 Å². The molecule has 1 rings (SSSR count). The Labute approximate surface area is 104 Å². The van der Waals surface area contributed by atoms with E-state index < -0.39 is 0 Å². The molecule has 1 aromatic rings. The Morgan fingerprint density at radius 1 is 1.29 bits per heavy atom. The maximum absolute atomic E-state index is 5.65. The van der Waals surface area contributed by atoms with Crippen molar-refractivity contribution in [2.24, 2.45) is 5.84 Å². The predicted octanol–water partition coefficient (Wildman–Crippen LogP) is 2.62. The average molecular weight is 236 g/mol. The highest BCUT2D eigenvalue weighted by Gasteiger charge is 2.23. The third-order valence-corrected chi connectivity index (χ3v) is 3.38. The molecule has 0 bridgehead atoms. The van der Waals surface area contributed by atoms with E-state index in [1.54, 1.807) is 7.11 Å². The fourth-order valence-corrected chi connectivity index (χ4v) is 1.83. The van der Waals surface area contributed by atoms with Crippen molar-refractivity contribution in [1.29, 1.82) is 0 Å². The Morgan fingerprint density at radius 2 is 1.94 bits per heavy atom. The molecule has 0 fully saturated rings. The minimum absolute atomic E-state index is 0.115. The fraction of sp³-hybridized carbons (Fsp3) is 0.571. The first-order valence-electron chi connectivity index (χ1n) is 5.98. The zero-order valence-electron chi connectivity index (χ0n) is 11.5. The van der Waals surface area contributed by atoms with E-state index >= 15 is 0 Å². The molecular formula is C14H24N2O. The molecule has 0 saturated carbocycles. The van der Waals surface area contributed by atoms with Crippen LogP contribution in [0.25, 0.3) is 0 Å². The summed E-state index contributed by atoms with van der Waals surface area (Å²) in [5.74, 6) is 5.65. The van der Waals surface area contributed by atoms with E-state index in [1.807, 2.05) is 0 Å².